The molecule has 0 aliphatic rings. The van der Waals surface area contributed by atoms with Crippen molar-refractivity contribution < 1.29 is 9.13 Å². The first-order valence-electron chi connectivity index (χ1n) is 4.82. The molecule has 4 nitrogen and oxygen atoms in total. The van der Waals surface area contributed by atoms with E-state index in [9.17, 15) is 4.39 Å². The third kappa shape index (κ3) is 1.77. The largest absolute Gasteiger partial charge is 0.496 e. The molecule has 0 fully saturated rings. The molecule has 0 spiro atoms. The zero-order chi connectivity index (χ0) is 11.5. The van der Waals surface area contributed by atoms with Crippen LogP contribution in [0.2, 0.25) is 0 Å². The maximum Gasteiger partial charge on any atom is 0.127 e. The van der Waals surface area contributed by atoms with Gasteiger partial charge in [0.2, 0.25) is 0 Å². The molecule has 2 aromatic rings. The van der Waals surface area contributed by atoms with Crippen LogP contribution in [0, 0.1) is 5.82 Å². The van der Waals surface area contributed by atoms with E-state index in [2.05, 4.69) is 10.2 Å². The summed E-state index contributed by atoms with van der Waals surface area (Å²) < 4.78 is 18.4. The molecule has 5 heteroatoms. The van der Waals surface area contributed by atoms with Crippen LogP contribution in [0.4, 0.5) is 4.39 Å². The molecule has 0 amide bonds. The van der Waals surface area contributed by atoms with E-state index in [-0.39, 0.29) is 5.82 Å². The molecular formula is C11H12FN3O. The van der Waals surface area contributed by atoms with E-state index < -0.39 is 0 Å². The van der Waals surface area contributed by atoms with Gasteiger partial charge in [0, 0.05) is 17.7 Å². The Kier molecular flexibility index (Phi) is 2.87. The first-order chi connectivity index (χ1) is 7.76. The smallest absolute Gasteiger partial charge is 0.127 e. The molecule has 0 aliphatic heterocycles. The molecular weight excluding hydrogens is 209 g/mol. The molecule has 16 heavy (non-hydrogen) atoms. The van der Waals surface area contributed by atoms with Gasteiger partial charge in [0.1, 0.15) is 11.6 Å². The molecule has 0 unspecified atom stereocenters. The van der Waals surface area contributed by atoms with Gasteiger partial charge in [-0.2, -0.15) is 5.10 Å². The number of hydrogen-bond acceptors (Lipinski definition) is 3. The summed E-state index contributed by atoms with van der Waals surface area (Å²) in [5.41, 5.74) is 7.72. The van der Waals surface area contributed by atoms with Crippen molar-refractivity contribution in [2.75, 3.05) is 7.11 Å². The lowest BCUT2D eigenvalue weighted by atomic mass is 10.1. The minimum absolute atomic E-state index is 0.314. The Morgan fingerprint density at radius 3 is 2.94 bits per heavy atom. The number of nitrogens with one attached hydrogen (secondary N) is 1. The molecule has 0 saturated heterocycles. The number of nitrogens with zero attached hydrogens (tertiary/aromatic N) is 1. The van der Waals surface area contributed by atoms with E-state index in [1.165, 1.54) is 12.1 Å². The standard InChI is InChI=1S/C11H12FN3O/c1-16-11-3-2-7(12)4-8(11)9-6-14-15-10(9)5-13/h2-4,6H,5,13H2,1H3,(H,14,15). The Hall–Kier alpha value is -1.88. The minimum atomic E-state index is -0.319. The number of ether oxygens (including phenoxy) is 1. The first kappa shape index (κ1) is 10.6. The number of hydrogen-bond donors (Lipinski definition) is 2. The molecule has 0 radical (unpaired) electrons. The maximum atomic E-state index is 13.2. The normalized spacial score (nSPS) is 10.4. The summed E-state index contributed by atoms with van der Waals surface area (Å²) in [5.74, 6) is 0.275. The summed E-state index contributed by atoms with van der Waals surface area (Å²) in [6, 6.07) is 4.34. The number of benzene rings is 1. The zero-order valence-corrected chi connectivity index (χ0v) is 8.83. The van der Waals surface area contributed by atoms with Crippen LogP contribution >= 0.6 is 0 Å². The van der Waals surface area contributed by atoms with Gasteiger partial charge in [0.25, 0.3) is 0 Å². The molecule has 1 aromatic carbocycles. The average Bonchev–Trinajstić information content (AvgIpc) is 2.76. The van der Waals surface area contributed by atoms with Crippen LogP contribution in [0.15, 0.2) is 24.4 Å². The first-order valence-corrected chi connectivity index (χ1v) is 4.82. The second kappa shape index (κ2) is 4.32. The summed E-state index contributed by atoms with van der Waals surface area (Å²) in [5, 5.41) is 6.66. The molecule has 1 heterocycles. The Labute approximate surface area is 92.2 Å². The zero-order valence-electron chi connectivity index (χ0n) is 8.83. The van der Waals surface area contributed by atoms with Crippen molar-refractivity contribution in [1.82, 2.24) is 10.2 Å². The van der Waals surface area contributed by atoms with Crippen molar-refractivity contribution in [3.8, 4) is 16.9 Å². The highest BCUT2D eigenvalue weighted by Gasteiger charge is 2.12. The summed E-state index contributed by atoms with van der Waals surface area (Å²) in [4.78, 5) is 0. The van der Waals surface area contributed by atoms with Crippen LogP contribution in [0.1, 0.15) is 5.69 Å². The number of H-pyrrole nitrogens is 1. The fourth-order valence-electron chi connectivity index (χ4n) is 1.59. The fraction of sp³-hybridized carbons (Fsp3) is 0.182. The Balaban J connectivity index is 2.58. The summed E-state index contributed by atoms with van der Waals surface area (Å²) in [6.45, 7) is 0.314. The number of methoxy groups -OCH3 is 1. The second-order valence-electron chi connectivity index (χ2n) is 3.31. The summed E-state index contributed by atoms with van der Waals surface area (Å²) in [7, 11) is 1.54. The Bertz CT molecular complexity index is 496. The summed E-state index contributed by atoms with van der Waals surface area (Å²) in [6.07, 6.45) is 1.61. The Morgan fingerprint density at radius 1 is 1.44 bits per heavy atom. The monoisotopic (exact) mass is 221 g/mol. The highest BCUT2D eigenvalue weighted by Crippen LogP contribution is 2.31. The van der Waals surface area contributed by atoms with E-state index in [0.29, 0.717) is 17.9 Å². The molecule has 0 bridgehead atoms. The molecule has 0 saturated carbocycles. The Morgan fingerprint density at radius 2 is 2.25 bits per heavy atom. The number of rotatable bonds is 3. The average molecular weight is 221 g/mol. The molecule has 3 N–H and O–H groups in total. The van der Waals surface area contributed by atoms with Gasteiger partial charge in [-0.1, -0.05) is 0 Å². The minimum Gasteiger partial charge on any atom is -0.496 e. The molecule has 84 valence electrons. The van der Waals surface area contributed by atoms with E-state index in [0.717, 1.165) is 11.3 Å². The highest BCUT2D eigenvalue weighted by atomic mass is 19.1. The molecule has 1 aromatic heterocycles. The van der Waals surface area contributed by atoms with Crippen LogP contribution in [0.5, 0.6) is 5.75 Å². The van der Waals surface area contributed by atoms with Gasteiger partial charge in [-0.3, -0.25) is 5.10 Å². The summed E-state index contributed by atoms with van der Waals surface area (Å²) >= 11 is 0. The van der Waals surface area contributed by atoms with E-state index in [1.54, 1.807) is 19.4 Å². The van der Waals surface area contributed by atoms with Crippen molar-refractivity contribution >= 4 is 0 Å². The number of nitrogens with two attached hydrogens (primary N) is 1. The van der Waals surface area contributed by atoms with Crippen molar-refractivity contribution in [3.63, 3.8) is 0 Å². The SMILES string of the molecule is COc1ccc(F)cc1-c1cn[nH]c1CN. The van der Waals surface area contributed by atoms with E-state index in [4.69, 9.17) is 10.5 Å². The van der Waals surface area contributed by atoms with Crippen molar-refractivity contribution in [2.45, 2.75) is 6.54 Å². The highest BCUT2D eigenvalue weighted by molar-refractivity contribution is 5.71. The van der Waals surface area contributed by atoms with Gasteiger partial charge in [0.15, 0.2) is 0 Å². The third-order valence-corrected chi connectivity index (χ3v) is 2.37. The lowest BCUT2D eigenvalue weighted by Gasteiger charge is -2.08. The molecule has 2 rings (SSSR count). The predicted octanol–water partition coefficient (Wildman–Crippen LogP) is 1.68. The van der Waals surface area contributed by atoms with Gasteiger partial charge < -0.3 is 10.5 Å². The van der Waals surface area contributed by atoms with E-state index in [1.807, 2.05) is 0 Å². The van der Waals surface area contributed by atoms with Crippen molar-refractivity contribution in [3.05, 3.63) is 35.9 Å². The molecule has 0 aliphatic carbocycles. The molecule has 0 atom stereocenters. The van der Waals surface area contributed by atoms with Crippen LogP contribution in [-0.2, 0) is 6.54 Å². The predicted molar refractivity (Wildman–Crippen MR) is 58.4 cm³/mol. The number of aromatic amines is 1. The van der Waals surface area contributed by atoms with Gasteiger partial charge >= 0.3 is 0 Å². The van der Waals surface area contributed by atoms with E-state index >= 15 is 0 Å². The lowest BCUT2D eigenvalue weighted by molar-refractivity contribution is 0.415. The van der Waals surface area contributed by atoms with Gasteiger partial charge in [-0.15, -0.1) is 0 Å². The van der Waals surface area contributed by atoms with Gasteiger partial charge in [-0.25, -0.2) is 4.39 Å². The third-order valence-electron chi connectivity index (χ3n) is 2.37. The second-order valence-corrected chi connectivity index (χ2v) is 3.31. The van der Waals surface area contributed by atoms with Gasteiger partial charge in [-0.05, 0) is 18.2 Å². The maximum absolute atomic E-state index is 13.2. The van der Waals surface area contributed by atoms with Gasteiger partial charge in [0.05, 0.1) is 19.0 Å². The van der Waals surface area contributed by atoms with Crippen LogP contribution < -0.4 is 10.5 Å². The number of aromatic nitrogens is 2. The lowest BCUT2D eigenvalue weighted by Crippen LogP contribution is -1.99. The quantitative estimate of drug-likeness (QED) is 0.828. The van der Waals surface area contributed by atoms with Crippen LogP contribution in [0.25, 0.3) is 11.1 Å². The number of halogens is 1. The van der Waals surface area contributed by atoms with Crippen LogP contribution in [0.3, 0.4) is 0 Å². The van der Waals surface area contributed by atoms with Crippen molar-refractivity contribution in [1.29, 1.82) is 0 Å². The van der Waals surface area contributed by atoms with Crippen molar-refractivity contribution in [2.24, 2.45) is 5.73 Å². The van der Waals surface area contributed by atoms with Crippen LogP contribution in [-0.4, -0.2) is 17.3 Å². The topological polar surface area (TPSA) is 63.9 Å². The fourth-order valence-corrected chi connectivity index (χ4v) is 1.59.